The lowest BCUT2D eigenvalue weighted by atomic mass is 10.0. The molecular formula is C27H50FN4O5PS. The van der Waals surface area contributed by atoms with E-state index in [-0.39, 0.29) is 42.7 Å². The zero-order valence-corrected chi connectivity index (χ0v) is 25.4. The maximum absolute atomic E-state index is 13.4. The van der Waals surface area contributed by atoms with Crippen molar-refractivity contribution in [1.29, 1.82) is 0 Å². The van der Waals surface area contributed by atoms with Crippen molar-refractivity contribution in [2.75, 3.05) is 31.6 Å². The van der Waals surface area contributed by atoms with E-state index in [4.69, 9.17) is 0 Å². The van der Waals surface area contributed by atoms with Crippen LogP contribution >= 0.6 is 19.4 Å². The maximum Gasteiger partial charge on any atom is 0.367 e. The Balaban J connectivity index is 1.30. The zero-order chi connectivity index (χ0) is 28.3. The summed E-state index contributed by atoms with van der Waals surface area (Å²) in [6, 6.07) is 0.427. The lowest BCUT2D eigenvalue weighted by Gasteiger charge is -2.16. The Morgan fingerprint density at radius 1 is 0.897 bits per heavy atom. The minimum Gasteiger partial charge on any atom is -0.356 e. The van der Waals surface area contributed by atoms with Gasteiger partial charge in [0, 0.05) is 36.9 Å². The topological polar surface area (TPSA) is 126 Å². The first-order valence-electron chi connectivity index (χ1n) is 15.0. The number of amides is 4. The van der Waals surface area contributed by atoms with Crippen LogP contribution in [0.3, 0.4) is 0 Å². The number of hydrogen-bond acceptors (Lipinski definition) is 6. The molecule has 0 radical (unpaired) electrons. The van der Waals surface area contributed by atoms with Gasteiger partial charge in [-0.2, -0.15) is 16.0 Å². The van der Waals surface area contributed by atoms with Crippen LogP contribution in [-0.2, 0) is 18.7 Å². The van der Waals surface area contributed by atoms with E-state index in [1.807, 2.05) is 11.8 Å². The van der Waals surface area contributed by atoms with Crippen molar-refractivity contribution in [1.82, 2.24) is 21.3 Å². The molecule has 9 nitrogen and oxygen atoms in total. The van der Waals surface area contributed by atoms with Gasteiger partial charge < -0.3 is 25.8 Å². The minimum absolute atomic E-state index is 0.0129. The average molecular weight is 593 g/mol. The van der Waals surface area contributed by atoms with Crippen LogP contribution in [0.15, 0.2) is 0 Å². The molecule has 2 aliphatic heterocycles. The molecule has 226 valence electrons. The van der Waals surface area contributed by atoms with Crippen molar-refractivity contribution < 1.29 is 27.7 Å². The van der Waals surface area contributed by atoms with Gasteiger partial charge >= 0.3 is 13.7 Å². The van der Waals surface area contributed by atoms with Crippen LogP contribution < -0.4 is 21.3 Å². The molecule has 0 aromatic carbocycles. The normalized spacial score (nSPS) is 21.6. The van der Waals surface area contributed by atoms with Crippen molar-refractivity contribution in [3.05, 3.63) is 0 Å². The van der Waals surface area contributed by atoms with Crippen LogP contribution in [-0.4, -0.2) is 66.8 Å². The SMILES string of the molecule is CCO[P@@](=O)(F)CCCCCCCCCC(=O)NCCCCCNC(=O)CCCC[C@@H]1SC[C@@H]2NC(=O)N[C@@H]21. The van der Waals surface area contributed by atoms with E-state index >= 15 is 0 Å². The number of thioether (sulfide) groups is 1. The Morgan fingerprint density at radius 3 is 2.10 bits per heavy atom. The summed E-state index contributed by atoms with van der Waals surface area (Å²) < 4.78 is 29.4. The molecule has 2 fully saturated rings. The predicted octanol–water partition coefficient (Wildman–Crippen LogP) is 5.43. The molecule has 0 unspecified atom stereocenters. The van der Waals surface area contributed by atoms with Gasteiger partial charge in [-0.05, 0) is 51.9 Å². The first-order chi connectivity index (χ1) is 18.8. The Hall–Kier alpha value is -1.32. The van der Waals surface area contributed by atoms with E-state index in [9.17, 15) is 23.1 Å². The summed E-state index contributed by atoms with van der Waals surface area (Å²) in [4.78, 5) is 35.4. The quantitative estimate of drug-likeness (QED) is 0.0712. The minimum atomic E-state index is -3.87. The number of urea groups is 1. The average Bonchev–Trinajstić information content (AvgIpc) is 3.44. The molecule has 39 heavy (non-hydrogen) atoms. The summed E-state index contributed by atoms with van der Waals surface area (Å²) in [5.41, 5.74) is 0. The van der Waals surface area contributed by atoms with Crippen molar-refractivity contribution in [3.8, 4) is 0 Å². The lowest BCUT2D eigenvalue weighted by molar-refractivity contribution is -0.121. The van der Waals surface area contributed by atoms with E-state index in [1.165, 1.54) is 0 Å². The third kappa shape index (κ3) is 15.3. The van der Waals surface area contributed by atoms with E-state index in [0.717, 1.165) is 82.8 Å². The molecule has 4 amide bonds. The molecule has 4 N–H and O–H groups in total. The molecule has 2 aliphatic rings. The van der Waals surface area contributed by atoms with Crippen LogP contribution in [0.2, 0.25) is 0 Å². The van der Waals surface area contributed by atoms with Crippen LogP contribution in [0, 0.1) is 0 Å². The second-order valence-corrected chi connectivity index (χ2v) is 13.7. The van der Waals surface area contributed by atoms with E-state index in [0.29, 0.717) is 37.6 Å². The second kappa shape index (κ2) is 19.7. The fourth-order valence-corrected chi connectivity index (χ4v) is 7.72. The predicted molar refractivity (Wildman–Crippen MR) is 156 cm³/mol. The highest BCUT2D eigenvalue weighted by Gasteiger charge is 2.42. The van der Waals surface area contributed by atoms with E-state index < -0.39 is 7.68 Å². The first kappa shape index (κ1) is 33.9. The van der Waals surface area contributed by atoms with Gasteiger partial charge in [-0.3, -0.25) is 14.2 Å². The van der Waals surface area contributed by atoms with Gasteiger partial charge in [0.1, 0.15) is 0 Å². The summed E-state index contributed by atoms with van der Waals surface area (Å²) >= 11 is 1.91. The number of carbonyl (C=O) groups excluding carboxylic acids is 3. The highest BCUT2D eigenvalue weighted by molar-refractivity contribution is 8.00. The van der Waals surface area contributed by atoms with Gasteiger partial charge in [0.05, 0.1) is 24.9 Å². The highest BCUT2D eigenvalue weighted by atomic mass is 32.2. The summed E-state index contributed by atoms with van der Waals surface area (Å²) in [5, 5.41) is 12.4. The lowest BCUT2D eigenvalue weighted by Crippen LogP contribution is -2.36. The molecule has 2 saturated heterocycles. The molecule has 0 saturated carbocycles. The van der Waals surface area contributed by atoms with Crippen molar-refractivity contribution >= 4 is 37.3 Å². The molecule has 2 rings (SSSR count). The fraction of sp³-hybridized carbons (Fsp3) is 0.889. The van der Waals surface area contributed by atoms with Gasteiger partial charge in [-0.25, -0.2) is 4.79 Å². The zero-order valence-electron chi connectivity index (χ0n) is 23.6. The summed E-state index contributed by atoms with van der Waals surface area (Å²) in [7, 11) is -3.87. The maximum atomic E-state index is 13.4. The molecule has 12 heteroatoms. The molecule has 0 aromatic heterocycles. The van der Waals surface area contributed by atoms with Gasteiger partial charge in [0.25, 0.3) is 0 Å². The Bertz CT molecular complexity index is 793. The Kier molecular flexibility index (Phi) is 17.1. The molecule has 4 atom stereocenters. The van der Waals surface area contributed by atoms with Crippen LogP contribution in [0.4, 0.5) is 8.99 Å². The third-order valence-electron chi connectivity index (χ3n) is 7.23. The van der Waals surface area contributed by atoms with Gasteiger partial charge in [-0.15, -0.1) is 0 Å². The number of hydrogen-bond donors (Lipinski definition) is 4. The largest absolute Gasteiger partial charge is 0.367 e. The molecule has 0 bridgehead atoms. The second-order valence-electron chi connectivity index (χ2n) is 10.6. The van der Waals surface area contributed by atoms with Gasteiger partial charge in [-0.1, -0.05) is 38.5 Å². The molecule has 0 aromatic rings. The number of nitrogens with one attached hydrogen (secondary N) is 4. The molecular weight excluding hydrogens is 542 g/mol. The van der Waals surface area contributed by atoms with E-state index in [1.54, 1.807) is 6.92 Å². The van der Waals surface area contributed by atoms with Crippen LogP contribution in [0.5, 0.6) is 0 Å². The van der Waals surface area contributed by atoms with Crippen molar-refractivity contribution in [2.45, 2.75) is 121 Å². The molecule has 0 aliphatic carbocycles. The first-order valence-corrected chi connectivity index (χ1v) is 17.7. The highest BCUT2D eigenvalue weighted by Crippen LogP contribution is 2.49. The Labute approximate surface area is 238 Å². The summed E-state index contributed by atoms with van der Waals surface area (Å²) in [6.45, 7) is 3.13. The number of rotatable bonds is 23. The van der Waals surface area contributed by atoms with E-state index in [2.05, 4.69) is 25.8 Å². The number of carbonyl (C=O) groups is 3. The van der Waals surface area contributed by atoms with Crippen molar-refractivity contribution in [3.63, 3.8) is 0 Å². The van der Waals surface area contributed by atoms with Crippen LogP contribution in [0.1, 0.15) is 103 Å². The summed E-state index contributed by atoms with van der Waals surface area (Å²) in [6.07, 6.45) is 13.2. The fourth-order valence-electron chi connectivity index (χ4n) is 5.06. The van der Waals surface area contributed by atoms with Gasteiger partial charge in [0.2, 0.25) is 11.8 Å². The molecule has 2 heterocycles. The number of unbranched alkanes of at least 4 members (excludes halogenated alkanes) is 9. The third-order valence-corrected chi connectivity index (χ3v) is 10.2. The smallest absolute Gasteiger partial charge is 0.356 e. The van der Waals surface area contributed by atoms with Gasteiger partial charge in [0.15, 0.2) is 0 Å². The number of fused-ring (bicyclic) bond motifs is 1. The Morgan fingerprint density at radius 2 is 1.46 bits per heavy atom. The van der Waals surface area contributed by atoms with Crippen LogP contribution in [0.25, 0.3) is 0 Å². The number of halogens is 1. The monoisotopic (exact) mass is 592 g/mol. The molecule has 0 spiro atoms. The van der Waals surface area contributed by atoms with Crippen molar-refractivity contribution in [2.24, 2.45) is 0 Å². The standard InChI is InChI=1S/C27H50FN4O5PS/c1-2-37-38(28,36)20-14-7-5-3-4-6-9-16-24(33)29-18-12-8-13-19-30-25(34)17-11-10-15-23-26-22(21-39-23)31-27(35)32-26/h22-23,26H,2-21H2,1H3,(H,29,33)(H,30,34)(H2,31,32,35)/t22-,23-,26-,38+/m0/s1. The summed E-state index contributed by atoms with van der Waals surface area (Å²) in [5.74, 6) is 1.16.